The summed E-state index contributed by atoms with van der Waals surface area (Å²) in [5, 5.41) is 0.381. The van der Waals surface area contributed by atoms with Crippen LogP contribution in [-0.2, 0) is 5.54 Å². The molecule has 1 aliphatic carbocycles. The van der Waals surface area contributed by atoms with Gasteiger partial charge < -0.3 is 10.5 Å². The molecule has 2 rings (SSSR count). The van der Waals surface area contributed by atoms with Crippen molar-refractivity contribution in [2.24, 2.45) is 5.73 Å². The van der Waals surface area contributed by atoms with Crippen LogP contribution in [0.1, 0.15) is 18.9 Å². The van der Waals surface area contributed by atoms with Gasteiger partial charge in [0, 0.05) is 17.0 Å². The summed E-state index contributed by atoms with van der Waals surface area (Å²) in [6.07, 6.45) is -0.361. The normalized spacial score (nSPS) is 26.6. The van der Waals surface area contributed by atoms with Crippen molar-refractivity contribution in [3.05, 3.63) is 28.8 Å². The van der Waals surface area contributed by atoms with E-state index in [1.165, 1.54) is 6.07 Å². The quantitative estimate of drug-likeness (QED) is 0.891. The van der Waals surface area contributed by atoms with Gasteiger partial charge in [-0.3, -0.25) is 0 Å². The van der Waals surface area contributed by atoms with E-state index in [0.717, 1.165) is 0 Å². The lowest BCUT2D eigenvalue weighted by Crippen LogP contribution is -2.27. The molecule has 88 valence electrons. The SMILES string of the molecule is CCOc1ccc(Cl)cc1C1(N)CC1(F)F. The monoisotopic (exact) mass is 247 g/mol. The first-order valence-corrected chi connectivity index (χ1v) is 5.38. The van der Waals surface area contributed by atoms with E-state index in [4.69, 9.17) is 22.1 Å². The number of nitrogens with two attached hydrogens (primary N) is 1. The van der Waals surface area contributed by atoms with Crippen LogP contribution in [0.2, 0.25) is 5.02 Å². The van der Waals surface area contributed by atoms with Crippen LogP contribution in [0.15, 0.2) is 18.2 Å². The summed E-state index contributed by atoms with van der Waals surface area (Å²) in [6.45, 7) is 2.18. The molecule has 0 aromatic heterocycles. The van der Waals surface area contributed by atoms with Crippen molar-refractivity contribution < 1.29 is 13.5 Å². The lowest BCUT2D eigenvalue weighted by Gasteiger charge is -2.16. The van der Waals surface area contributed by atoms with Gasteiger partial charge >= 0.3 is 0 Å². The second kappa shape index (κ2) is 3.57. The number of hydrogen-bond acceptors (Lipinski definition) is 2. The van der Waals surface area contributed by atoms with Crippen LogP contribution in [-0.4, -0.2) is 12.5 Å². The number of benzene rings is 1. The maximum absolute atomic E-state index is 13.2. The first-order chi connectivity index (χ1) is 7.40. The minimum absolute atomic E-state index is 0.284. The van der Waals surface area contributed by atoms with Crippen molar-refractivity contribution in [1.82, 2.24) is 0 Å². The summed E-state index contributed by atoms with van der Waals surface area (Å²) in [5.41, 5.74) is 4.32. The Labute approximate surface area is 97.3 Å². The largest absolute Gasteiger partial charge is 0.494 e. The van der Waals surface area contributed by atoms with Gasteiger partial charge in [0.25, 0.3) is 5.92 Å². The summed E-state index contributed by atoms with van der Waals surface area (Å²) in [4.78, 5) is 0. The van der Waals surface area contributed by atoms with Crippen molar-refractivity contribution >= 4 is 11.6 Å². The van der Waals surface area contributed by atoms with E-state index < -0.39 is 11.5 Å². The smallest absolute Gasteiger partial charge is 0.272 e. The third kappa shape index (κ3) is 1.66. The molecule has 0 bridgehead atoms. The van der Waals surface area contributed by atoms with Gasteiger partial charge in [0.1, 0.15) is 11.3 Å². The van der Waals surface area contributed by atoms with Gasteiger partial charge in [-0.2, -0.15) is 0 Å². The molecule has 1 saturated carbocycles. The zero-order valence-electron chi connectivity index (χ0n) is 8.77. The molecule has 0 saturated heterocycles. The molecule has 1 aromatic rings. The minimum atomic E-state index is -2.87. The lowest BCUT2D eigenvalue weighted by molar-refractivity contribution is 0.0882. The molecule has 2 nitrogen and oxygen atoms in total. The van der Waals surface area contributed by atoms with E-state index in [0.29, 0.717) is 17.4 Å². The number of hydrogen-bond donors (Lipinski definition) is 1. The van der Waals surface area contributed by atoms with Gasteiger partial charge in [-0.25, -0.2) is 8.78 Å². The van der Waals surface area contributed by atoms with Crippen molar-refractivity contribution in [3.63, 3.8) is 0 Å². The van der Waals surface area contributed by atoms with Crippen molar-refractivity contribution in [1.29, 1.82) is 0 Å². The highest BCUT2D eigenvalue weighted by Gasteiger charge is 2.70. The van der Waals surface area contributed by atoms with Crippen LogP contribution >= 0.6 is 11.6 Å². The Bertz CT molecular complexity index is 424. The Morgan fingerprint density at radius 1 is 1.50 bits per heavy atom. The van der Waals surface area contributed by atoms with Crippen LogP contribution in [0.3, 0.4) is 0 Å². The van der Waals surface area contributed by atoms with E-state index in [1.807, 2.05) is 0 Å². The van der Waals surface area contributed by atoms with E-state index in [1.54, 1.807) is 19.1 Å². The van der Waals surface area contributed by atoms with E-state index in [-0.39, 0.29) is 12.0 Å². The fourth-order valence-corrected chi connectivity index (χ4v) is 1.90. The van der Waals surface area contributed by atoms with Gasteiger partial charge in [-0.05, 0) is 25.1 Å². The van der Waals surface area contributed by atoms with Crippen molar-refractivity contribution in [3.8, 4) is 5.75 Å². The molecule has 1 aromatic carbocycles. The van der Waals surface area contributed by atoms with E-state index >= 15 is 0 Å². The Morgan fingerprint density at radius 3 is 2.62 bits per heavy atom. The molecule has 0 heterocycles. The molecular formula is C11H12ClF2NO. The van der Waals surface area contributed by atoms with Crippen LogP contribution < -0.4 is 10.5 Å². The van der Waals surface area contributed by atoms with Gasteiger partial charge in [0.05, 0.1) is 6.61 Å². The highest BCUT2D eigenvalue weighted by atomic mass is 35.5. The molecule has 1 aliphatic rings. The van der Waals surface area contributed by atoms with Crippen LogP contribution in [0, 0.1) is 0 Å². The first kappa shape index (κ1) is 11.6. The fraction of sp³-hybridized carbons (Fsp3) is 0.455. The van der Waals surface area contributed by atoms with Crippen LogP contribution in [0.5, 0.6) is 5.75 Å². The maximum atomic E-state index is 13.2. The Kier molecular flexibility index (Phi) is 2.59. The van der Waals surface area contributed by atoms with E-state index in [2.05, 4.69) is 0 Å². The molecule has 1 atom stereocenters. The molecule has 1 fully saturated rings. The highest BCUT2D eigenvalue weighted by molar-refractivity contribution is 6.30. The zero-order chi connectivity index (χ0) is 12.0. The Morgan fingerprint density at radius 2 is 2.12 bits per heavy atom. The number of halogens is 3. The van der Waals surface area contributed by atoms with Gasteiger partial charge in [-0.1, -0.05) is 11.6 Å². The molecule has 0 spiro atoms. The van der Waals surface area contributed by atoms with Gasteiger partial charge in [-0.15, -0.1) is 0 Å². The molecule has 0 amide bonds. The predicted molar refractivity (Wildman–Crippen MR) is 58.1 cm³/mol. The lowest BCUT2D eigenvalue weighted by atomic mass is 10.0. The highest BCUT2D eigenvalue weighted by Crippen LogP contribution is 2.59. The topological polar surface area (TPSA) is 35.2 Å². The summed E-state index contributed by atoms with van der Waals surface area (Å²) < 4.78 is 31.7. The van der Waals surface area contributed by atoms with Crippen LogP contribution in [0.4, 0.5) is 8.78 Å². The summed E-state index contributed by atoms with van der Waals surface area (Å²) in [5.74, 6) is -2.49. The zero-order valence-corrected chi connectivity index (χ0v) is 9.52. The minimum Gasteiger partial charge on any atom is -0.494 e. The van der Waals surface area contributed by atoms with Gasteiger partial charge in [0.15, 0.2) is 0 Å². The number of ether oxygens (including phenoxy) is 1. The van der Waals surface area contributed by atoms with E-state index in [9.17, 15) is 8.78 Å². The average Bonchev–Trinajstić information content (AvgIpc) is 2.71. The fourth-order valence-electron chi connectivity index (χ4n) is 1.73. The number of rotatable bonds is 3. The summed E-state index contributed by atoms with van der Waals surface area (Å²) in [7, 11) is 0. The molecule has 0 radical (unpaired) electrons. The average molecular weight is 248 g/mol. The summed E-state index contributed by atoms with van der Waals surface area (Å²) >= 11 is 5.79. The molecular weight excluding hydrogens is 236 g/mol. The second-order valence-electron chi connectivity index (χ2n) is 3.93. The first-order valence-electron chi connectivity index (χ1n) is 5.00. The van der Waals surface area contributed by atoms with Gasteiger partial charge in [0.2, 0.25) is 0 Å². The Hall–Kier alpha value is -0.870. The summed E-state index contributed by atoms with van der Waals surface area (Å²) in [6, 6.07) is 4.62. The van der Waals surface area contributed by atoms with Crippen molar-refractivity contribution in [2.45, 2.75) is 24.8 Å². The molecule has 5 heteroatoms. The maximum Gasteiger partial charge on any atom is 0.272 e. The third-order valence-corrected chi connectivity index (χ3v) is 2.99. The molecule has 0 aliphatic heterocycles. The standard InChI is InChI=1S/C11H12ClF2NO/c1-2-16-9-4-3-7(12)5-8(9)10(15)6-11(10,13)14/h3-5H,2,6,15H2,1H3. The number of alkyl halides is 2. The van der Waals surface area contributed by atoms with Crippen LogP contribution in [0.25, 0.3) is 0 Å². The molecule has 1 unspecified atom stereocenters. The van der Waals surface area contributed by atoms with Crippen molar-refractivity contribution in [2.75, 3.05) is 6.61 Å². The third-order valence-electron chi connectivity index (χ3n) is 2.75. The molecule has 2 N–H and O–H groups in total. The Balaban J connectivity index is 2.43. The molecule has 16 heavy (non-hydrogen) atoms. The predicted octanol–water partition coefficient (Wildman–Crippen LogP) is 2.93. The second-order valence-corrected chi connectivity index (χ2v) is 4.36.